The van der Waals surface area contributed by atoms with Gasteiger partial charge in [-0.2, -0.15) is 0 Å². The van der Waals surface area contributed by atoms with Crippen LogP contribution in [-0.2, 0) is 0 Å². The zero-order valence-corrected chi connectivity index (χ0v) is 15.1. The molecule has 0 aliphatic rings. The molecule has 3 aromatic rings. The molecule has 0 unspecified atom stereocenters. The average molecular weight is 301 g/mol. The summed E-state index contributed by atoms with van der Waals surface area (Å²) < 4.78 is 0. The topological polar surface area (TPSA) is 53.0 Å². The van der Waals surface area contributed by atoms with Crippen LogP contribution in [-0.4, -0.2) is 11.0 Å². The Hall–Kier alpha value is -1.04. The first-order valence-corrected chi connectivity index (χ1v) is 6.33. The van der Waals surface area contributed by atoms with E-state index in [1.54, 1.807) is 24.3 Å². The summed E-state index contributed by atoms with van der Waals surface area (Å²) in [6, 6.07) is 16.6. The van der Waals surface area contributed by atoms with Crippen molar-refractivity contribution in [1.29, 1.82) is 0 Å². The third-order valence-electron chi connectivity index (χ3n) is 3.28. The molecule has 0 aliphatic heterocycles. The van der Waals surface area contributed by atoms with E-state index < -0.39 is 5.97 Å². The first kappa shape index (κ1) is 16.3. The number of rotatable bonds is 2. The van der Waals surface area contributed by atoms with Crippen molar-refractivity contribution in [2.75, 3.05) is 0 Å². The minimum Gasteiger partial charge on any atom is -0.545 e. The van der Waals surface area contributed by atoms with Crippen molar-refractivity contribution in [3.63, 3.8) is 0 Å². The molecule has 0 bridgehead atoms. The van der Waals surface area contributed by atoms with Crippen molar-refractivity contribution in [3.8, 4) is 11.3 Å². The molecular formula is C17H12KNO2. The molecule has 0 saturated heterocycles. The predicted molar refractivity (Wildman–Crippen MR) is 76.2 cm³/mol. The van der Waals surface area contributed by atoms with Gasteiger partial charge in [0.15, 0.2) is 0 Å². The van der Waals surface area contributed by atoms with Gasteiger partial charge in [0, 0.05) is 16.5 Å². The summed E-state index contributed by atoms with van der Waals surface area (Å²) in [6.45, 7) is 2.00. The maximum atomic E-state index is 11.3. The second kappa shape index (κ2) is 6.81. The van der Waals surface area contributed by atoms with Crippen molar-refractivity contribution < 1.29 is 61.3 Å². The van der Waals surface area contributed by atoms with Gasteiger partial charge >= 0.3 is 51.4 Å². The number of carboxylic acid groups (broad SMARTS) is 1. The fourth-order valence-electron chi connectivity index (χ4n) is 2.22. The Morgan fingerprint density at radius 2 is 1.71 bits per heavy atom. The maximum absolute atomic E-state index is 11.3. The molecule has 0 saturated carbocycles. The fourth-order valence-corrected chi connectivity index (χ4v) is 2.22. The van der Waals surface area contributed by atoms with Gasteiger partial charge in [-0.25, -0.2) is 4.98 Å². The number of aromatic nitrogens is 1. The van der Waals surface area contributed by atoms with Crippen LogP contribution in [0.25, 0.3) is 22.2 Å². The second-order valence-electron chi connectivity index (χ2n) is 4.73. The number of hydrogen-bond acceptors (Lipinski definition) is 3. The van der Waals surface area contributed by atoms with Crippen molar-refractivity contribution in [2.45, 2.75) is 6.92 Å². The number of fused-ring (bicyclic) bond motifs is 1. The van der Waals surface area contributed by atoms with E-state index in [9.17, 15) is 9.90 Å². The van der Waals surface area contributed by atoms with E-state index in [-0.39, 0.29) is 56.9 Å². The van der Waals surface area contributed by atoms with Crippen molar-refractivity contribution >= 4 is 16.9 Å². The molecule has 3 nitrogen and oxygen atoms in total. The molecule has 0 aliphatic carbocycles. The van der Waals surface area contributed by atoms with E-state index in [0.29, 0.717) is 16.6 Å². The van der Waals surface area contributed by atoms with Gasteiger partial charge in [0.2, 0.25) is 0 Å². The second-order valence-corrected chi connectivity index (χ2v) is 4.73. The van der Waals surface area contributed by atoms with Crippen LogP contribution in [0.4, 0.5) is 0 Å². The Bertz CT molecular complexity index is 797. The normalized spacial score (nSPS) is 10.1. The first-order valence-electron chi connectivity index (χ1n) is 6.33. The minimum atomic E-state index is -1.18. The van der Waals surface area contributed by atoms with Crippen molar-refractivity contribution in [2.24, 2.45) is 0 Å². The third kappa shape index (κ3) is 3.41. The summed E-state index contributed by atoms with van der Waals surface area (Å²) in [7, 11) is 0. The molecule has 0 spiro atoms. The predicted octanol–water partition coefficient (Wildman–Crippen LogP) is -0.422. The number of carbonyl (C=O) groups excluding carboxylic acids is 1. The summed E-state index contributed by atoms with van der Waals surface area (Å²) in [4.78, 5) is 15.8. The number of aryl methyl sites for hydroxylation is 1. The van der Waals surface area contributed by atoms with Crippen LogP contribution in [0, 0.1) is 6.92 Å². The van der Waals surface area contributed by atoms with Gasteiger partial charge in [-0.15, -0.1) is 0 Å². The largest absolute Gasteiger partial charge is 1.00 e. The molecule has 2 aromatic carbocycles. The molecule has 0 fully saturated rings. The van der Waals surface area contributed by atoms with Crippen LogP contribution < -0.4 is 56.5 Å². The van der Waals surface area contributed by atoms with Gasteiger partial charge in [0.25, 0.3) is 0 Å². The van der Waals surface area contributed by atoms with Gasteiger partial charge in [0.1, 0.15) is 0 Å². The van der Waals surface area contributed by atoms with Crippen LogP contribution >= 0.6 is 0 Å². The summed E-state index contributed by atoms with van der Waals surface area (Å²) in [5.74, 6) is -1.18. The number of benzene rings is 2. The van der Waals surface area contributed by atoms with E-state index in [1.165, 1.54) is 0 Å². The number of hydrogen-bond donors (Lipinski definition) is 0. The number of carboxylic acids is 1. The Morgan fingerprint density at radius 3 is 2.38 bits per heavy atom. The monoisotopic (exact) mass is 301 g/mol. The molecule has 0 atom stereocenters. The molecule has 1 aromatic heterocycles. The van der Waals surface area contributed by atoms with E-state index in [1.807, 2.05) is 37.3 Å². The third-order valence-corrected chi connectivity index (χ3v) is 3.28. The van der Waals surface area contributed by atoms with Crippen molar-refractivity contribution in [3.05, 3.63) is 65.7 Å². The van der Waals surface area contributed by atoms with E-state index in [4.69, 9.17) is 0 Å². The standard InChI is InChI=1S/C17H13NO2.K/c1-11-6-8-12(9-7-11)16-10-14(17(19)20)13-4-2-3-5-15(13)18-16;/h2-10H,1H3,(H,19,20);/q;+1/p-1. The Morgan fingerprint density at radius 1 is 1.05 bits per heavy atom. The van der Waals surface area contributed by atoms with Crippen LogP contribution in [0.5, 0.6) is 0 Å². The Kier molecular flexibility index (Phi) is 5.30. The van der Waals surface area contributed by atoms with Gasteiger partial charge in [-0.1, -0.05) is 48.0 Å². The molecule has 0 radical (unpaired) electrons. The van der Waals surface area contributed by atoms with E-state index in [0.717, 1.165) is 11.1 Å². The number of aromatic carboxylic acids is 1. The average Bonchev–Trinajstić information content (AvgIpc) is 2.46. The number of nitrogens with zero attached hydrogens (tertiary/aromatic N) is 1. The number of para-hydroxylation sites is 1. The maximum Gasteiger partial charge on any atom is 1.00 e. The summed E-state index contributed by atoms with van der Waals surface area (Å²) in [5.41, 5.74) is 3.51. The molecule has 0 N–H and O–H groups in total. The first-order chi connectivity index (χ1) is 9.65. The van der Waals surface area contributed by atoms with E-state index >= 15 is 0 Å². The number of carbonyl (C=O) groups is 1. The summed E-state index contributed by atoms with van der Waals surface area (Å²) in [5, 5.41) is 11.9. The van der Waals surface area contributed by atoms with E-state index in [2.05, 4.69) is 4.98 Å². The van der Waals surface area contributed by atoms with Gasteiger partial charge < -0.3 is 9.90 Å². The zero-order valence-electron chi connectivity index (χ0n) is 12.0. The molecule has 3 rings (SSSR count). The van der Waals surface area contributed by atoms with Gasteiger partial charge in [0.05, 0.1) is 17.2 Å². The quantitative estimate of drug-likeness (QED) is 0.604. The molecule has 4 heteroatoms. The smallest absolute Gasteiger partial charge is 0.545 e. The van der Waals surface area contributed by atoms with Gasteiger partial charge in [-0.05, 0) is 19.1 Å². The summed E-state index contributed by atoms with van der Waals surface area (Å²) in [6.07, 6.45) is 0. The van der Waals surface area contributed by atoms with Gasteiger partial charge in [-0.3, -0.25) is 0 Å². The van der Waals surface area contributed by atoms with Crippen LogP contribution in [0.15, 0.2) is 54.6 Å². The van der Waals surface area contributed by atoms with Crippen LogP contribution in [0.3, 0.4) is 0 Å². The number of pyridine rings is 1. The molecule has 98 valence electrons. The van der Waals surface area contributed by atoms with Crippen LogP contribution in [0.1, 0.15) is 15.9 Å². The summed E-state index contributed by atoms with van der Waals surface area (Å²) >= 11 is 0. The minimum absolute atomic E-state index is 0. The molecule has 21 heavy (non-hydrogen) atoms. The Labute approximate surface area is 165 Å². The SMILES string of the molecule is Cc1ccc(-c2cc(C(=O)[O-])c3ccccc3n2)cc1.[K+]. The zero-order chi connectivity index (χ0) is 14.1. The van der Waals surface area contributed by atoms with Crippen molar-refractivity contribution in [1.82, 2.24) is 4.98 Å². The molecule has 1 heterocycles. The Balaban J connectivity index is 0.00000161. The van der Waals surface area contributed by atoms with Crippen LogP contribution in [0.2, 0.25) is 0 Å². The molecular weight excluding hydrogens is 289 g/mol. The molecule has 0 amide bonds. The fraction of sp³-hybridized carbons (Fsp3) is 0.0588.